The summed E-state index contributed by atoms with van der Waals surface area (Å²) in [5, 5.41) is 0. The first-order valence-corrected chi connectivity index (χ1v) is 12.7. The Bertz CT molecular complexity index is 662. The molecule has 2 fully saturated rings. The van der Waals surface area contributed by atoms with Crippen LogP contribution in [0.1, 0.15) is 90.9 Å². The van der Waals surface area contributed by atoms with Crippen molar-refractivity contribution < 1.29 is 14.3 Å². The van der Waals surface area contributed by atoms with Crippen LogP contribution in [0.4, 0.5) is 0 Å². The Kier molecular flexibility index (Phi) is 9.96. The maximum Gasteiger partial charge on any atom is 0.314 e. The number of hydrogen-bond donors (Lipinski definition) is 0. The molecule has 0 heterocycles. The lowest BCUT2D eigenvalue weighted by Gasteiger charge is -2.26. The number of allylic oxidation sites excluding steroid dienone is 1. The Labute approximate surface area is 189 Å². The molecule has 1 aromatic rings. The summed E-state index contributed by atoms with van der Waals surface area (Å²) in [7, 11) is 0. The normalized spacial score (nSPS) is 26.6. The third-order valence-corrected chi connectivity index (χ3v) is 7.25. The molecular weight excluding hydrogens is 384 g/mol. The van der Waals surface area contributed by atoms with E-state index in [2.05, 4.69) is 26.0 Å². The molecular formula is C28H42O3. The highest BCUT2D eigenvalue weighted by atomic mass is 16.5. The van der Waals surface area contributed by atoms with Crippen molar-refractivity contribution in [3.63, 3.8) is 0 Å². The number of benzene rings is 1. The molecule has 3 heteroatoms. The molecule has 1 aromatic carbocycles. The van der Waals surface area contributed by atoms with E-state index in [0.29, 0.717) is 12.4 Å². The van der Waals surface area contributed by atoms with E-state index in [9.17, 15) is 4.79 Å². The number of ether oxygens (including phenoxy) is 2. The summed E-state index contributed by atoms with van der Waals surface area (Å²) in [5.41, 5.74) is 0. The number of esters is 1. The fourth-order valence-corrected chi connectivity index (χ4v) is 5.04. The molecule has 0 bridgehead atoms. The van der Waals surface area contributed by atoms with Crippen molar-refractivity contribution in [2.75, 3.05) is 6.61 Å². The van der Waals surface area contributed by atoms with Gasteiger partial charge >= 0.3 is 5.97 Å². The van der Waals surface area contributed by atoms with Gasteiger partial charge in [0.1, 0.15) is 18.1 Å². The van der Waals surface area contributed by atoms with Crippen molar-refractivity contribution in [2.45, 2.75) is 90.9 Å². The third kappa shape index (κ3) is 8.35. The minimum absolute atomic E-state index is 0.0590. The molecule has 2 aliphatic carbocycles. The molecule has 0 aliphatic heterocycles. The molecule has 2 saturated carbocycles. The smallest absolute Gasteiger partial charge is 0.314 e. The van der Waals surface area contributed by atoms with Gasteiger partial charge in [0.05, 0.1) is 5.92 Å². The number of rotatable bonds is 10. The zero-order chi connectivity index (χ0) is 21.9. The van der Waals surface area contributed by atoms with E-state index in [4.69, 9.17) is 9.47 Å². The first kappa shape index (κ1) is 23.9. The van der Waals surface area contributed by atoms with Gasteiger partial charge in [0, 0.05) is 0 Å². The fraction of sp³-hybridized carbons (Fsp3) is 0.679. The Balaban J connectivity index is 1.32. The summed E-state index contributed by atoms with van der Waals surface area (Å²) in [6.07, 6.45) is 19.7. The summed E-state index contributed by atoms with van der Waals surface area (Å²) >= 11 is 0. The van der Waals surface area contributed by atoms with E-state index in [0.717, 1.165) is 49.2 Å². The Morgan fingerprint density at radius 1 is 0.935 bits per heavy atom. The van der Waals surface area contributed by atoms with Gasteiger partial charge in [-0.15, -0.1) is 0 Å². The predicted octanol–water partition coefficient (Wildman–Crippen LogP) is 7.74. The quantitative estimate of drug-likeness (QED) is 0.166. The van der Waals surface area contributed by atoms with Crippen molar-refractivity contribution in [1.82, 2.24) is 0 Å². The molecule has 3 rings (SSSR count). The van der Waals surface area contributed by atoms with Crippen LogP contribution in [-0.2, 0) is 4.79 Å². The van der Waals surface area contributed by atoms with Crippen LogP contribution < -0.4 is 9.47 Å². The van der Waals surface area contributed by atoms with Gasteiger partial charge in [-0.3, -0.25) is 4.79 Å². The standard InChI is InChI=1S/C28H42O3/c1-3-4-5-7-23-11-13-24(14-12-23)8-6-21-30-26-17-19-27(20-18-26)31-28(29)25-15-9-22(2)10-16-25/h6,8,17-20,22-25H,3-5,7,9-16,21H2,1-2H3/b8-6+/t22-,23-,24-,25-. The van der Waals surface area contributed by atoms with Gasteiger partial charge in [0.2, 0.25) is 0 Å². The first-order valence-electron chi connectivity index (χ1n) is 12.7. The van der Waals surface area contributed by atoms with Crippen molar-refractivity contribution in [1.29, 1.82) is 0 Å². The first-order chi connectivity index (χ1) is 15.1. The highest BCUT2D eigenvalue weighted by Gasteiger charge is 2.26. The average molecular weight is 427 g/mol. The summed E-state index contributed by atoms with van der Waals surface area (Å²) in [6.45, 7) is 5.14. The van der Waals surface area contributed by atoms with Crippen LogP contribution >= 0.6 is 0 Å². The number of hydrogen-bond acceptors (Lipinski definition) is 3. The van der Waals surface area contributed by atoms with E-state index in [1.165, 1.54) is 51.4 Å². The molecule has 172 valence electrons. The largest absolute Gasteiger partial charge is 0.490 e. The monoisotopic (exact) mass is 426 g/mol. The van der Waals surface area contributed by atoms with Gasteiger partial charge in [0.15, 0.2) is 0 Å². The summed E-state index contributed by atoms with van der Waals surface area (Å²) in [6, 6.07) is 7.45. The minimum Gasteiger partial charge on any atom is -0.490 e. The van der Waals surface area contributed by atoms with Gasteiger partial charge in [0.25, 0.3) is 0 Å². The van der Waals surface area contributed by atoms with Crippen molar-refractivity contribution >= 4 is 5.97 Å². The van der Waals surface area contributed by atoms with Crippen LogP contribution in [0.25, 0.3) is 0 Å². The third-order valence-electron chi connectivity index (χ3n) is 7.25. The Hall–Kier alpha value is -1.77. The lowest BCUT2D eigenvalue weighted by Crippen LogP contribution is -2.24. The van der Waals surface area contributed by atoms with Gasteiger partial charge in [-0.05, 0) is 93.4 Å². The van der Waals surface area contributed by atoms with E-state index < -0.39 is 0 Å². The molecule has 0 N–H and O–H groups in total. The van der Waals surface area contributed by atoms with Gasteiger partial charge in [-0.1, -0.05) is 51.7 Å². The second kappa shape index (κ2) is 12.9. The highest BCUT2D eigenvalue weighted by molar-refractivity contribution is 5.75. The number of unbranched alkanes of at least 4 members (excludes halogenated alkanes) is 2. The number of carbonyl (C=O) groups excluding carboxylic acids is 1. The van der Waals surface area contributed by atoms with Gasteiger partial charge in [-0.25, -0.2) is 0 Å². The molecule has 0 aromatic heterocycles. The predicted molar refractivity (Wildman–Crippen MR) is 127 cm³/mol. The summed E-state index contributed by atoms with van der Waals surface area (Å²) < 4.78 is 11.4. The second-order valence-electron chi connectivity index (χ2n) is 9.87. The van der Waals surface area contributed by atoms with Crippen molar-refractivity contribution in [3.05, 3.63) is 36.4 Å². The molecule has 2 aliphatic rings. The number of carbonyl (C=O) groups is 1. The average Bonchev–Trinajstić information content (AvgIpc) is 2.79. The lowest BCUT2D eigenvalue weighted by molar-refractivity contribution is -0.140. The molecule has 0 unspecified atom stereocenters. The van der Waals surface area contributed by atoms with Crippen LogP contribution in [0.3, 0.4) is 0 Å². The van der Waals surface area contributed by atoms with Crippen LogP contribution in [0.2, 0.25) is 0 Å². The molecule has 0 saturated heterocycles. The van der Waals surface area contributed by atoms with Crippen LogP contribution in [-0.4, -0.2) is 12.6 Å². The van der Waals surface area contributed by atoms with Crippen LogP contribution in [0.15, 0.2) is 36.4 Å². The molecule has 0 amide bonds. The van der Waals surface area contributed by atoms with Gasteiger partial charge < -0.3 is 9.47 Å². The summed E-state index contributed by atoms with van der Waals surface area (Å²) in [5.74, 6) is 3.82. The lowest BCUT2D eigenvalue weighted by atomic mass is 9.79. The molecule has 0 atom stereocenters. The highest BCUT2D eigenvalue weighted by Crippen LogP contribution is 2.33. The molecule has 31 heavy (non-hydrogen) atoms. The second-order valence-corrected chi connectivity index (χ2v) is 9.87. The minimum atomic E-state index is -0.0800. The van der Waals surface area contributed by atoms with E-state index in [1.807, 2.05) is 24.3 Å². The van der Waals surface area contributed by atoms with Crippen LogP contribution in [0, 0.1) is 23.7 Å². The van der Waals surface area contributed by atoms with E-state index in [-0.39, 0.29) is 11.9 Å². The van der Waals surface area contributed by atoms with E-state index >= 15 is 0 Å². The summed E-state index contributed by atoms with van der Waals surface area (Å²) in [4.78, 5) is 12.3. The maximum atomic E-state index is 12.3. The zero-order valence-electron chi connectivity index (χ0n) is 19.7. The Morgan fingerprint density at radius 3 is 2.29 bits per heavy atom. The molecule has 0 radical (unpaired) electrons. The molecule has 3 nitrogen and oxygen atoms in total. The van der Waals surface area contributed by atoms with Crippen LogP contribution in [0.5, 0.6) is 11.5 Å². The topological polar surface area (TPSA) is 35.5 Å². The van der Waals surface area contributed by atoms with Gasteiger partial charge in [-0.2, -0.15) is 0 Å². The SMILES string of the molecule is CCCCC[C@H]1CC[C@H](/C=C/COc2ccc(OC(=O)[C@H]3CC[C@H](C)CC3)cc2)CC1. The fourth-order valence-electron chi connectivity index (χ4n) is 5.04. The maximum absolute atomic E-state index is 12.3. The van der Waals surface area contributed by atoms with E-state index in [1.54, 1.807) is 0 Å². The van der Waals surface area contributed by atoms with Crippen molar-refractivity contribution in [2.24, 2.45) is 23.7 Å². The zero-order valence-corrected chi connectivity index (χ0v) is 19.7. The molecule has 0 spiro atoms. The Morgan fingerprint density at radius 2 is 1.61 bits per heavy atom. The van der Waals surface area contributed by atoms with Crippen molar-refractivity contribution in [3.8, 4) is 11.5 Å².